The molecule has 2 atom stereocenters. The lowest BCUT2D eigenvalue weighted by atomic mass is 10.0. The van der Waals surface area contributed by atoms with Gasteiger partial charge in [-0.25, -0.2) is 4.79 Å². The van der Waals surface area contributed by atoms with Gasteiger partial charge in [0.1, 0.15) is 6.10 Å². The van der Waals surface area contributed by atoms with Gasteiger partial charge in [0.2, 0.25) is 0 Å². The number of amides is 1. The van der Waals surface area contributed by atoms with Gasteiger partial charge in [-0.2, -0.15) is 0 Å². The van der Waals surface area contributed by atoms with Crippen LogP contribution in [0.4, 0.5) is 5.69 Å². The third kappa shape index (κ3) is 4.64. The third-order valence-corrected chi connectivity index (χ3v) is 3.62. The lowest BCUT2D eigenvalue weighted by Gasteiger charge is -2.22. The van der Waals surface area contributed by atoms with E-state index in [4.69, 9.17) is 4.74 Å². The fourth-order valence-corrected chi connectivity index (χ4v) is 2.30. The molecule has 0 heterocycles. The Bertz CT molecular complexity index is 776. The molecule has 0 aliphatic carbocycles. The van der Waals surface area contributed by atoms with Crippen LogP contribution in [0.2, 0.25) is 0 Å². The molecular weight excluding hydrogens is 340 g/mol. The molecule has 8 nitrogen and oxygen atoms in total. The number of nitrogens with one attached hydrogen (secondary N) is 1. The van der Waals surface area contributed by atoms with Crippen molar-refractivity contribution in [2.45, 2.75) is 19.1 Å². The van der Waals surface area contributed by atoms with Crippen LogP contribution in [0, 0.1) is 10.1 Å². The van der Waals surface area contributed by atoms with Crippen LogP contribution in [0.3, 0.4) is 0 Å². The topological polar surface area (TPSA) is 119 Å². The van der Waals surface area contributed by atoms with Crippen molar-refractivity contribution in [2.24, 2.45) is 0 Å². The highest BCUT2D eigenvalue weighted by molar-refractivity contribution is 5.96. The van der Waals surface area contributed by atoms with Crippen LogP contribution in [0.1, 0.15) is 28.9 Å². The number of nitro groups is 1. The fourth-order valence-electron chi connectivity index (χ4n) is 2.30. The molecule has 0 fully saturated rings. The van der Waals surface area contributed by atoms with E-state index in [1.54, 1.807) is 37.3 Å². The zero-order valence-electron chi connectivity index (χ0n) is 14.0. The zero-order chi connectivity index (χ0) is 19.1. The number of hydrogen-bond acceptors (Lipinski definition) is 6. The Morgan fingerprint density at radius 2 is 1.77 bits per heavy atom. The first kappa shape index (κ1) is 19.1. The number of carbonyl (C=O) groups excluding carboxylic acids is 2. The molecule has 136 valence electrons. The maximum absolute atomic E-state index is 12.3. The van der Waals surface area contributed by atoms with Gasteiger partial charge in [0.25, 0.3) is 11.6 Å². The molecule has 0 bridgehead atoms. The lowest BCUT2D eigenvalue weighted by Crippen LogP contribution is -2.46. The van der Waals surface area contributed by atoms with Gasteiger partial charge in [-0.1, -0.05) is 18.2 Å². The molecule has 0 saturated heterocycles. The van der Waals surface area contributed by atoms with Crippen molar-refractivity contribution in [3.05, 3.63) is 75.8 Å². The zero-order valence-corrected chi connectivity index (χ0v) is 14.0. The number of carbonyl (C=O) groups is 2. The minimum absolute atomic E-state index is 0.0729. The van der Waals surface area contributed by atoms with Gasteiger partial charge in [0.05, 0.1) is 11.5 Å². The predicted octanol–water partition coefficient (Wildman–Crippen LogP) is 1.99. The van der Waals surface area contributed by atoms with Crippen LogP contribution >= 0.6 is 0 Å². The molecule has 0 spiro atoms. The molecule has 2 N–H and O–H groups in total. The molecule has 2 aromatic carbocycles. The van der Waals surface area contributed by atoms with E-state index in [-0.39, 0.29) is 17.9 Å². The Morgan fingerprint density at radius 1 is 1.15 bits per heavy atom. The maximum Gasteiger partial charge on any atom is 0.331 e. The van der Waals surface area contributed by atoms with Crippen molar-refractivity contribution in [2.75, 3.05) is 6.61 Å². The quantitative estimate of drug-likeness (QED) is 0.444. The summed E-state index contributed by atoms with van der Waals surface area (Å²) in [6.45, 7) is 1.68. The van der Waals surface area contributed by atoms with Crippen LogP contribution < -0.4 is 5.32 Å². The van der Waals surface area contributed by atoms with E-state index in [9.17, 15) is 24.8 Å². The number of ether oxygens (including phenoxy) is 1. The molecule has 8 heteroatoms. The highest BCUT2D eigenvalue weighted by Gasteiger charge is 2.31. The molecule has 0 radical (unpaired) electrons. The Labute approximate surface area is 149 Å². The molecule has 0 saturated carbocycles. The number of nitro benzene ring substituents is 1. The highest BCUT2D eigenvalue weighted by Crippen LogP contribution is 2.21. The summed E-state index contributed by atoms with van der Waals surface area (Å²) in [4.78, 5) is 34.7. The van der Waals surface area contributed by atoms with E-state index in [1.807, 2.05) is 0 Å². The van der Waals surface area contributed by atoms with Crippen molar-refractivity contribution < 1.29 is 24.4 Å². The van der Waals surface area contributed by atoms with E-state index in [1.165, 1.54) is 24.3 Å². The average Bonchev–Trinajstić information content (AvgIpc) is 2.66. The summed E-state index contributed by atoms with van der Waals surface area (Å²) in [6.07, 6.45) is -1.43. The molecule has 0 aliphatic rings. The monoisotopic (exact) mass is 358 g/mol. The van der Waals surface area contributed by atoms with Gasteiger partial charge >= 0.3 is 5.97 Å². The number of benzene rings is 2. The minimum atomic E-state index is -1.43. The molecule has 0 unspecified atom stereocenters. The summed E-state index contributed by atoms with van der Waals surface area (Å²) < 4.78 is 4.92. The number of rotatable bonds is 7. The maximum atomic E-state index is 12.3. The van der Waals surface area contributed by atoms with E-state index in [0.717, 1.165) is 0 Å². The van der Waals surface area contributed by atoms with Crippen molar-refractivity contribution in [3.8, 4) is 0 Å². The number of non-ortho nitro benzene ring substituents is 1. The predicted molar refractivity (Wildman–Crippen MR) is 92.4 cm³/mol. The normalized spacial score (nSPS) is 12.7. The Balaban J connectivity index is 2.24. The van der Waals surface area contributed by atoms with Crippen LogP contribution in [-0.2, 0) is 9.53 Å². The largest absolute Gasteiger partial charge is 0.464 e. The molecule has 1 amide bonds. The number of hydrogen-bond donors (Lipinski definition) is 2. The number of esters is 1. The van der Waals surface area contributed by atoms with Crippen molar-refractivity contribution >= 4 is 17.6 Å². The molecule has 2 rings (SSSR count). The van der Waals surface area contributed by atoms with Gasteiger partial charge in [-0.15, -0.1) is 0 Å². The Morgan fingerprint density at radius 3 is 2.31 bits per heavy atom. The second-order valence-corrected chi connectivity index (χ2v) is 5.36. The summed E-state index contributed by atoms with van der Waals surface area (Å²) >= 11 is 0. The molecular formula is C18H18N2O6. The Kier molecular flexibility index (Phi) is 6.40. The van der Waals surface area contributed by atoms with Gasteiger partial charge < -0.3 is 15.2 Å². The van der Waals surface area contributed by atoms with Gasteiger partial charge in [0, 0.05) is 17.7 Å². The molecule has 2 aromatic rings. The van der Waals surface area contributed by atoms with Gasteiger partial charge in [-0.3, -0.25) is 14.9 Å². The van der Waals surface area contributed by atoms with Crippen molar-refractivity contribution in [3.63, 3.8) is 0 Å². The summed E-state index contributed by atoms with van der Waals surface area (Å²) in [5, 5.41) is 23.7. The van der Waals surface area contributed by atoms with E-state index < -0.39 is 28.9 Å². The highest BCUT2D eigenvalue weighted by atomic mass is 16.6. The van der Waals surface area contributed by atoms with Crippen LogP contribution in [0.15, 0.2) is 54.6 Å². The summed E-state index contributed by atoms with van der Waals surface area (Å²) in [7, 11) is 0. The van der Waals surface area contributed by atoms with Crippen LogP contribution in [0.5, 0.6) is 0 Å². The van der Waals surface area contributed by atoms with E-state index in [0.29, 0.717) is 5.56 Å². The second kappa shape index (κ2) is 8.72. The van der Waals surface area contributed by atoms with Gasteiger partial charge in [0.15, 0.2) is 6.04 Å². The summed E-state index contributed by atoms with van der Waals surface area (Å²) in [5.41, 5.74) is 0.404. The second-order valence-electron chi connectivity index (χ2n) is 5.36. The average molecular weight is 358 g/mol. The molecule has 26 heavy (non-hydrogen) atoms. The van der Waals surface area contributed by atoms with E-state index >= 15 is 0 Å². The minimum Gasteiger partial charge on any atom is -0.464 e. The summed E-state index contributed by atoms with van der Waals surface area (Å²) in [6, 6.07) is 11.9. The SMILES string of the molecule is CCOC(=O)[C@H](NC(=O)c1ccccc1)[C@H](O)c1ccc([N+](=O)[O-])cc1. The smallest absolute Gasteiger partial charge is 0.331 e. The number of aliphatic hydroxyl groups excluding tert-OH is 1. The third-order valence-electron chi connectivity index (χ3n) is 3.62. The fraction of sp³-hybridized carbons (Fsp3) is 0.222. The van der Waals surface area contributed by atoms with Crippen molar-refractivity contribution in [1.29, 1.82) is 0 Å². The lowest BCUT2D eigenvalue weighted by molar-refractivity contribution is -0.384. The first-order valence-corrected chi connectivity index (χ1v) is 7.89. The van der Waals surface area contributed by atoms with E-state index in [2.05, 4.69) is 5.32 Å². The Hall–Kier alpha value is -3.26. The standard InChI is InChI=1S/C18H18N2O6/c1-2-26-18(23)15(19-17(22)13-6-4-3-5-7-13)16(21)12-8-10-14(11-9-12)20(24)25/h3-11,15-16,21H,2H2,1H3,(H,19,22)/t15-,16-/m1/s1. The summed E-state index contributed by atoms with van der Waals surface area (Å²) in [5.74, 6) is -1.35. The van der Waals surface area contributed by atoms with Crippen LogP contribution in [0.25, 0.3) is 0 Å². The number of aliphatic hydroxyl groups is 1. The van der Waals surface area contributed by atoms with Crippen molar-refractivity contribution in [1.82, 2.24) is 5.32 Å². The number of nitrogens with zero attached hydrogens (tertiary/aromatic N) is 1. The first-order valence-electron chi connectivity index (χ1n) is 7.89. The van der Waals surface area contributed by atoms with Gasteiger partial charge in [-0.05, 0) is 36.8 Å². The molecule has 0 aliphatic heterocycles. The van der Waals surface area contributed by atoms with Crippen LogP contribution in [-0.4, -0.2) is 34.6 Å². The first-order chi connectivity index (χ1) is 12.4. The molecule has 0 aromatic heterocycles.